The van der Waals surface area contributed by atoms with E-state index in [0.29, 0.717) is 0 Å². The smallest absolute Gasteiger partial charge is 0.548 e. The summed E-state index contributed by atoms with van der Waals surface area (Å²) in [5.41, 5.74) is 5.38. The Kier molecular flexibility index (Phi) is 3.44. The van der Waals surface area contributed by atoms with Crippen LogP contribution >= 0.6 is 0 Å². The number of nitrogens with zero attached hydrogens (tertiary/aromatic N) is 1. The molecule has 0 unspecified atom stereocenters. The maximum absolute atomic E-state index is 12.0. The van der Waals surface area contributed by atoms with E-state index in [1.165, 1.54) is 13.8 Å². The van der Waals surface area contributed by atoms with Gasteiger partial charge in [0.1, 0.15) is 6.04 Å². The Labute approximate surface area is 121 Å². The van der Waals surface area contributed by atoms with Crippen LogP contribution in [-0.2, 0) is 19.4 Å². The van der Waals surface area contributed by atoms with Crippen molar-refractivity contribution in [3.8, 4) is 0 Å². The van der Waals surface area contributed by atoms with Gasteiger partial charge in [0.15, 0.2) is 15.2 Å². The van der Waals surface area contributed by atoms with Gasteiger partial charge in [0, 0.05) is 0 Å². The number of carbonyl (C=O) groups excluding carboxylic acids is 2. The van der Waals surface area contributed by atoms with Gasteiger partial charge in [-0.1, -0.05) is 0 Å². The van der Waals surface area contributed by atoms with E-state index in [0.717, 1.165) is 4.90 Å². The van der Waals surface area contributed by atoms with Crippen LogP contribution in [0.2, 0.25) is 0 Å². The Hall–Kier alpha value is -0.150. The Morgan fingerprint density at radius 1 is 1.47 bits per heavy atom. The topological polar surface area (TPSA) is 121 Å². The number of carboxylic acid groups (broad SMARTS) is 1. The molecular weight excluding hydrogens is 259 g/mol. The molecule has 9 heteroatoms. The van der Waals surface area contributed by atoms with Crippen LogP contribution in [0.25, 0.3) is 0 Å². The van der Waals surface area contributed by atoms with Gasteiger partial charge >= 0.3 is 29.6 Å². The number of amides is 1. The Balaban J connectivity index is 0.00000144. The third-order valence-electron chi connectivity index (χ3n) is 3.33. The molecule has 0 aromatic rings. The standard InChI is InChI=1S/C8H12N2O5S.Na/c1-8(2)4(7(12)13)10-5(11)3(9)6(10)16(8,14)15;/h3-4,6H,9H2,1-2H3,(H,12,13);/q;+1/p-1/t3-,4+,6-;/m1./s1. The zero-order chi connectivity index (χ0) is 12.5. The van der Waals surface area contributed by atoms with Crippen LogP contribution in [0.15, 0.2) is 0 Å². The molecule has 1 amide bonds. The van der Waals surface area contributed by atoms with E-state index in [1.807, 2.05) is 0 Å². The predicted octanol–water partition coefficient (Wildman–Crippen LogP) is -6.19. The summed E-state index contributed by atoms with van der Waals surface area (Å²) >= 11 is 0. The van der Waals surface area contributed by atoms with Gasteiger partial charge in [-0.25, -0.2) is 8.42 Å². The van der Waals surface area contributed by atoms with E-state index in [4.69, 9.17) is 5.73 Å². The second kappa shape index (κ2) is 3.92. The van der Waals surface area contributed by atoms with E-state index in [1.54, 1.807) is 0 Å². The van der Waals surface area contributed by atoms with Crippen LogP contribution in [0.3, 0.4) is 0 Å². The van der Waals surface area contributed by atoms with Gasteiger partial charge < -0.3 is 20.5 Å². The maximum atomic E-state index is 12.0. The number of nitrogens with two attached hydrogens (primary N) is 1. The molecule has 7 nitrogen and oxygen atoms in total. The number of hydrogen-bond acceptors (Lipinski definition) is 6. The van der Waals surface area contributed by atoms with Crippen molar-refractivity contribution in [1.29, 1.82) is 0 Å². The van der Waals surface area contributed by atoms with Crippen LogP contribution in [0.1, 0.15) is 13.8 Å². The molecule has 0 aliphatic carbocycles. The predicted molar refractivity (Wildman–Crippen MR) is 50.4 cm³/mol. The first-order valence-electron chi connectivity index (χ1n) is 4.66. The Morgan fingerprint density at radius 2 is 1.94 bits per heavy atom. The first kappa shape index (κ1) is 14.9. The van der Waals surface area contributed by atoms with Gasteiger partial charge in [0.2, 0.25) is 5.91 Å². The van der Waals surface area contributed by atoms with Crippen molar-refractivity contribution in [2.45, 2.75) is 36.1 Å². The van der Waals surface area contributed by atoms with Crippen molar-refractivity contribution < 1.29 is 52.7 Å². The number of hydrogen-bond donors (Lipinski definition) is 1. The molecule has 0 spiro atoms. The van der Waals surface area contributed by atoms with Crippen molar-refractivity contribution in [3.05, 3.63) is 0 Å². The summed E-state index contributed by atoms with van der Waals surface area (Å²) in [5.74, 6) is -2.23. The minimum atomic E-state index is -3.78. The minimum absolute atomic E-state index is 0. The average Bonchev–Trinajstić information content (AvgIpc) is 2.28. The number of carboxylic acids is 1. The average molecular weight is 270 g/mol. The van der Waals surface area contributed by atoms with E-state index in [-0.39, 0.29) is 29.6 Å². The molecule has 2 N–H and O–H groups in total. The zero-order valence-corrected chi connectivity index (χ0v) is 12.5. The molecule has 3 atom stereocenters. The van der Waals surface area contributed by atoms with Gasteiger partial charge in [-0.05, 0) is 13.8 Å². The van der Waals surface area contributed by atoms with Gasteiger partial charge in [-0.3, -0.25) is 4.79 Å². The number of β-lactam (4-membered cyclic amide) rings is 1. The quantitative estimate of drug-likeness (QED) is 0.374. The fourth-order valence-electron chi connectivity index (χ4n) is 2.33. The van der Waals surface area contributed by atoms with Crippen LogP contribution < -0.4 is 40.4 Å². The van der Waals surface area contributed by atoms with E-state index < -0.39 is 43.9 Å². The van der Waals surface area contributed by atoms with Gasteiger partial charge in [0.25, 0.3) is 0 Å². The van der Waals surface area contributed by atoms with E-state index in [2.05, 4.69) is 0 Å². The summed E-state index contributed by atoms with van der Waals surface area (Å²) in [5, 5.41) is 9.71. The molecule has 0 bridgehead atoms. The molecule has 2 heterocycles. The molecule has 17 heavy (non-hydrogen) atoms. The zero-order valence-electron chi connectivity index (χ0n) is 9.71. The van der Waals surface area contributed by atoms with Gasteiger partial charge in [0.05, 0.1) is 16.8 Å². The second-order valence-electron chi connectivity index (χ2n) is 4.53. The third kappa shape index (κ3) is 1.51. The molecule has 90 valence electrons. The van der Waals surface area contributed by atoms with Crippen LogP contribution in [0.4, 0.5) is 0 Å². The Bertz CT molecular complexity index is 488. The summed E-state index contributed by atoms with van der Waals surface area (Å²) in [6.45, 7) is 2.53. The van der Waals surface area contributed by atoms with Crippen LogP contribution in [0.5, 0.6) is 0 Å². The third-order valence-corrected chi connectivity index (χ3v) is 6.18. The number of rotatable bonds is 1. The summed E-state index contributed by atoms with van der Waals surface area (Å²) in [7, 11) is -3.78. The van der Waals surface area contributed by atoms with Crippen molar-refractivity contribution >= 4 is 21.7 Å². The summed E-state index contributed by atoms with van der Waals surface area (Å²) in [6, 6.07) is -2.62. The van der Waals surface area contributed by atoms with Gasteiger partial charge in [-0.2, -0.15) is 0 Å². The first-order chi connectivity index (χ1) is 7.14. The normalized spacial score (nSPS) is 36.8. The SMILES string of the molecule is CC1(C)[C@H](C(=O)[O-])N2C(=O)[C@@H](N)[C@H]2S1(=O)=O.[Na+]. The number of sulfone groups is 1. The van der Waals surface area contributed by atoms with Crippen LogP contribution in [0, 0.1) is 0 Å². The molecule has 0 aromatic carbocycles. The molecule has 2 fully saturated rings. The monoisotopic (exact) mass is 270 g/mol. The van der Waals surface area contributed by atoms with Crippen LogP contribution in [-0.4, -0.2) is 47.4 Å². The Morgan fingerprint density at radius 3 is 2.35 bits per heavy atom. The largest absolute Gasteiger partial charge is 1.00 e. The molecule has 0 aromatic heterocycles. The van der Waals surface area contributed by atoms with Crippen molar-refractivity contribution in [2.75, 3.05) is 0 Å². The summed E-state index contributed by atoms with van der Waals surface area (Å²) < 4.78 is 22.4. The van der Waals surface area contributed by atoms with E-state index in [9.17, 15) is 23.1 Å². The molecule has 2 aliphatic rings. The summed E-state index contributed by atoms with van der Waals surface area (Å²) in [6.07, 6.45) is 0. The van der Waals surface area contributed by atoms with Crippen molar-refractivity contribution in [1.82, 2.24) is 4.90 Å². The van der Waals surface area contributed by atoms with E-state index >= 15 is 0 Å². The number of fused-ring (bicyclic) bond motifs is 1. The molecule has 2 rings (SSSR count). The number of aliphatic carboxylic acids is 1. The maximum Gasteiger partial charge on any atom is 1.00 e. The fraction of sp³-hybridized carbons (Fsp3) is 0.750. The second-order valence-corrected chi connectivity index (χ2v) is 7.16. The molecule has 0 saturated carbocycles. The van der Waals surface area contributed by atoms with Crippen molar-refractivity contribution in [2.24, 2.45) is 5.73 Å². The molecule has 0 radical (unpaired) electrons. The minimum Gasteiger partial charge on any atom is -0.548 e. The molecule has 2 saturated heterocycles. The van der Waals surface area contributed by atoms with Gasteiger partial charge in [-0.15, -0.1) is 0 Å². The molecule has 2 aliphatic heterocycles. The van der Waals surface area contributed by atoms with Crippen molar-refractivity contribution in [3.63, 3.8) is 0 Å². The number of carbonyl (C=O) groups is 2. The molecular formula is C8H11N2NaO5S. The first-order valence-corrected chi connectivity index (χ1v) is 6.20. The fourth-order valence-corrected chi connectivity index (χ4v) is 4.50. The summed E-state index contributed by atoms with van der Waals surface area (Å²) in [4.78, 5) is 23.1.